The first-order valence-corrected chi connectivity index (χ1v) is 11.3. The number of methoxy groups -OCH3 is 2. The fourth-order valence-corrected chi connectivity index (χ4v) is 4.76. The number of aryl methyl sites for hydroxylation is 1. The summed E-state index contributed by atoms with van der Waals surface area (Å²) < 4.78 is 9.93. The molecule has 1 heterocycles. The largest absolute Gasteiger partial charge is 0.466 e. The lowest BCUT2D eigenvalue weighted by molar-refractivity contribution is -0.142. The van der Waals surface area contributed by atoms with Crippen LogP contribution >= 0.6 is 0 Å². The number of rotatable bonds is 7. The van der Waals surface area contributed by atoms with E-state index in [1.165, 1.54) is 14.2 Å². The minimum atomic E-state index is -0.570. The van der Waals surface area contributed by atoms with Crippen molar-refractivity contribution in [2.24, 2.45) is 5.92 Å². The number of carbonyl (C=O) groups excluding carboxylic acids is 3. The van der Waals surface area contributed by atoms with Crippen LogP contribution in [0.2, 0.25) is 0 Å². The van der Waals surface area contributed by atoms with Gasteiger partial charge in [-0.05, 0) is 30.0 Å². The first-order chi connectivity index (χ1) is 16.5. The second-order valence-electron chi connectivity index (χ2n) is 8.34. The Bertz CT molecular complexity index is 1170. The maximum Gasteiger partial charge on any atom is 0.336 e. The number of fused-ring (bicyclic) bond motifs is 1. The van der Waals surface area contributed by atoms with Gasteiger partial charge in [-0.25, -0.2) is 9.59 Å². The molecule has 0 saturated heterocycles. The Kier molecular flexibility index (Phi) is 6.82. The summed E-state index contributed by atoms with van der Waals surface area (Å²) in [5.41, 5.74) is 3.94. The van der Waals surface area contributed by atoms with E-state index in [9.17, 15) is 14.4 Å². The van der Waals surface area contributed by atoms with E-state index in [0.717, 1.165) is 23.2 Å². The first kappa shape index (κ1) is 23.3. The van der Waals surface area contributed by atoms with Crippen LogP contribution in [0, 0.1) is 5.92 Å². The van der Waals surface area contributed by atoms with Crippen molar-refractivity contribution in [1.29, 1.82) is 0 Å². The van der Waals surface area contributed by atoms with Gasteiger partial charge in [0.15, 0.2) is 0 Å². The molecule has 1 aliphatic heterocycles. The number of hydrogen-bond acceptors (Lipinski definition) is 6. The number of hydrogen-bond donors (Lipinski definition) is 1. The van der Waals surface area contributed by atoms with Crippen molar-refractivity contribution in [3.8, 4) is 0 Å². The highest BCUT2D eigenvalue weighted by Gasteiger charge is 2.52. The van der Waals surface area contributed by atoms with Gasteiger partial charge in [0.2, 0.25) is 0 Å². The standard InChI is InChI=1S/C27H28N2O5/c1-4-18-12-8-9-13-21(18)28-25(30)19-14-20-22(26(31)33-2)23(27(32)34-3)24(20)29(16-19)15-17-10-6-5-7-11-17/h5-13,16,20,24H,4,14-15H2,1-3H3,(H,28,30). The minimum Gasteiger partial charge on any atom is -0.466 e. The Morgan fingerprint density at radius 1 is 0.941 bits per heavy atom. The van der Waals surface area contributed by atoms with Gasteiger partial charge in [-0.2, -0.15) is 0 Å². The summed E-state index contributed by atoms with van der Waals surface area (Å²) in [6, 6.07) is 17.1. The number of amides is 1. The van der Waals surface area contributed by atoms with E-state index in [0.29, 0.717) is 24.1 Å². The molecule has 2 aliphatic rings. The molecule has 0 bridgehead atoms. The van der Waals surface area contributed by atoms with E-state index in [1.54, 1.807) is 6.20 Å². The Morgan fingerprint density at radius 3 is 2.26 bits per heavy atom. The third-order valence-electron chi connectivity index (χ3n) is 6.41. The molecule has 2 unspecified atom stereocenters. The zero-order valence-corrected chi connectivity index (χ0v) is 19.5. The second-order valence-corrected chi connectivity index (χ2v) is 8.34. The molecule has 2 atom stereocenters. The van der Waals surface area contributed by atoms with E-state index in [1.807, 2.05) is 66.4 Å². The van der Waals surface area contributed by atoms with Crippen LogP contribution in [0.5, 0.6) is 0 Å². The zero-order chi connectivity index (χ0) is 24.2. The predicted molar refractivity (Wildman–Crippen MR) is 127 cm³/mol. The molecule has 0 spiro atoms. The summed E-state index contributed by atoms with van der Waals surface area (Å²) in [7, 11) is 2.58. The SMILES string of the molecule is CCc1ccccc1NC(=O)C1=CN(Cc2ccccc2)C2C(C(=O)OC)=C(C(=O)OC)C2C1. The smallest absolute Gasteiger partial charge is 0.336 e. The topological polar surface area (TPSA) is 84.9 Å². The fraction of sp³-hybridized carbons (Fsp3) is 0.296. The van der Waals surface area contributed by atoms with E-state index in [4.69, 9.17) is 9.47 Å². The van der Waals surface area contributed by atoms with Crippen LogP contribution in [0.15, 0.2) is 77.5 Å². The van der Waals surface area contributed by atoms with Crippen molar-refractivity contribution >= 4 is 23.5 Å². The Balaban J connectivity index is 1.69. The fourth-order valence-electron chi connectivity index (χ4n) is 4.76. The molecule has 7 nitrogen and oxygen atoms in total. The van der Waals surface area contributed by atoms with Gasteiger partial charge >= 0.3 is 11.9 Å². The zero-order valence-electron chi connectivity index (χ0n) is 19.5. The normalized spacial score (nSPS) is 18.9. The molecule has 7 heteroatoms. The van der Waals surface area contributed by atoms with Gasteiger partial charge in [-0.15, -0.1) is 0 Å². The molecule has 2 aromatic carbocycles. The summed E-state index contributed by atoms with van der Waals surface area (Å²) in [5, 5.41) is 3.02. The molecule has 2 aromatic rings. The van der Waals surface area contributed by atoms with E-state index < -0.39 is 11.9 Å². The second kappa shape index (κ2) is 9.95. The summed E-state index contributed by atoms with van der Waals surface area (Å²) in [5.74, 6) is -1.71. The van der Waals surface area contributed by atoms with Crippen LogP contribution in [-0.2, 0) is 36.8 Å². The van der Waals surface area contributed by atoms with Gasteiger partial charge < -0.3 is 19.7 Å². The van der Waals surface area contributed by atoms with Gasteiger partial charge in [0.05, 0.1) is 31.4 Å². The van der Waals surface area contributed by atoms with E-state index in [2.05, 4.69) is 5.32 Å². The molecule has 1 N–H and O–H groups in total. The van der Waals surface area contributed by atoms with Crippen LogP contribution in [0.1, 0.15) is 24.5 Å². The van der Waals surface area contributed by atoms with Crippen LogP contribution in [0.4, 0.5) is 5.69 Å². The molecule has 0 radical (unpaired) electrons. The summed E-state index contributed by atoms with van der Waals surface area (Å²) in [6.45, 7) is 2.51. The minimum absolute atomic E-state index is 0.229. The monoisotopic (exact) mass is 460 g/mol. The molecule has 176 valence electrons. The molecule has 1 amide bonds. The number of carbonyl (C=O) groups is 3. The maximum absolute atomic E-state index is 13.3. The van der Waals surface area contributed by atoms with Crippen LogP contribution in [-0.4, -0.2) is 43.0 Å². The number of nitrogens with zero attached hydrogens (tertiary/aromatic N) is 1. The number of ether oxygens (including phenoxy) is 2. The average molecular weight is 461 g/mol. The lowest BCUT2D eigenvalue weighted by atomic mass is 9.67. The summed E-state index contributed by atoms with van der Waals surface area (Å²) in [4.78, 5) is 40.4. The van der Waals surface area contributed by atoms with Crippen molar-refractivity contribution < 1.29 is 23.9 Å². The molecule has 0 saturated carbocycles. The molecule has 1 aliphatic carbocycles. The van der Waals surface area contributed by atoms with Crippen molar-refractivity contribution in [3.05, 3.63) is 88.6 Å². The highest BCUT2D eigenvalue weighted by atomic mass is 16.5. The van der Waals surface area contributed by atoms with Gasteiger partial charge in [-0.3, -0.25) is 4.79 Å². The third kappa shape index (κ3) is 4.33. The van der Waals surface area contributed by atoms with Crippen LogP contribution in [0.3, 0.4) is 0 Å². The lowest BCUT2D eigenvalue weighted by Gasteiger charge is -2.48. The summed E-state index contributed by atoms with van der Waals surface area (Å²) in [6.07, 6.45) is 2.91. The van der Waals surface area contributed by atoms with Crippen molar-refractivity contribution in [3.63, 3.8) is 0 Å². The molecule has 0 fully saturated rings. The lowest BCUT2D eigenvalue weighted by Crippen LogP contribution is -2.54. The molecule has 34 heavy (non-hydrogen) atoms. The first-order valence-electron chi connectivity index (χ1n) is 11.3. The number of para-hydroxylation sites is 1. The quantitative estimate of drug-likeness (QED) is 0.636. The van der Waals surface area contributed by atoms with E-state index >= 15 is 0 Å². The van der Waals surface area contributed by atoms with Gasteiger partial charge in [0.1, 0.15) is 0 Å². The average Bonchev–Trinajstić information content (AvgIpc) is 2.85. The van der Waals surface area contributed by atoms with Gasteiger partial charge in [0, 0.05) is 29.9 Å². The Hall–Kier alpha value is -3.87. The highest BCUT2D eigenvalue weighted by molar-refractivity contribution is 6.07. The molecular formula is C27H28N2O5. The third-order valence-corrected chi connectivity index (χ3v) is 6.41. The Labute approximate surface area is 199 Å². The predicted octanol–water partition coefficient (Wildman–Crippen LogP) is 3.62. The maximum atomic E-state index is 13.3. The van der Waals surface area contributed by atoms with E-state index in [-0.39, 0.29) is 23.4 Å². The molecular weight excluding hydrogens is 432 g/mol. The van der Waals surface area contributed by atoms with Crippen molar-refractivity contribution in [2.45, 2.75) is 32.4 Å². The number of nitrogens with one attached hydrogen (secondary N) is 1. The van der Waals surface area contributed by atoms with Crippen molar-refractivity contribution in [1.82, 2.24) is 4.90 Å². The van der Waals surface area contributed by atoms with Crippen LogP contribution in [0.25, 0.3) is 0 Å². The Morgan fingerprint density at radius 2 is 1.59 bits per heavy atom. The molecule has 4 rings (SSSR count). The molecule has 0 aromatic heterocycles. The summed E-state index contributed by atoms with van der Waals surface area (Å²) >= 11 is 0. The number of esters is 2. The van der Waals surface area contributed by atoms with Gasteiger partial charge in [-0.1, -0.05) is 55.5 Å². The van der Waals surface area contributed by atoms with Crippen LogP contribution < -0.4 is 5.32 Å². The van der Waals surface area contributed by atoms with Crippen molar-refractivity contribution in [2.75, 3.05) is 19.5 Å². The van der Waals surface area contributed by atoms with Gasteiger partial charge in [0.25, 0.3) is 5.91 Å². The highest BCUT2D eigenvalue weighted by Crippen LogP contribution is 2.47. The number of anilines is 1. The number of benzene rings is 2.